The van der Waals surface area contributed by atoms with Crippen molar-refractivity contribution in [3.05, 3.63) is 29.3 Å². The van der Waals surface area contributed by atoms with Crippen LogP contribution in [0.4, 0.5) is 0 Å². The summed E-state index contributed by atoms with van der Waals surface area (Å²) in [6, 6.07) is 5.99. The number of carbonyl (C=O) groups excluding carboxylic acids is 1. The Hall–Kier alpha value is -1.59. The van der Waals surface area contributed by atoms with E-state index in [4.69, 9.17) is 10.5 Å². The van der Waals surface area contributed by atoms with Crippen molar-refractivity contribution in [1.29, 1.82) is 0 Å². The number of rotatable bonds is 10. The zero-order valence-electron chi connectivity index (χ0n) is 13.8. The van der Waals surface area contributed by atoms with Gasteiger partial charge in [-0.15, -0.1) is 0 Å². The number of primary amides is 1. The summed E-state index contributed by atoms with van der Waals surface area (Å²) in [6.45, 7) is 6.90. The van der Waals surface area contributed by atoms with Gasteiger partial charge in [0.1, 0.15) is 18.5 Å². The second kappa shape index (κ2) is 9.43. The predicted octanol–water partition coefficient (Wildman–Crippen LogP) is 1.40. The summed E-state index contributed by atoms with van der Waals surface area (Å²) in [5, 5.41) is 13.1. The highest BCUT2D eigenvalue weighted by molar-refractivity contribution is 5.76. The molecule has 0 aliphatic heterocycles. The molecule has 1 aromatic carbocycles. The lowest BCUT2D eigenvalue weighted by atomic mass is 10.0. The largest absolute Gasteiger partial charge is 0.491 e. The number of nitrogens with one attached hydrogen (secondary N) is 1. The Bertz CT molecular complexity index is 475. The number of carbonyl (C=O) groups is 1. The molecule has 0 saturated carbocycles. The molecule has 5 nitrogen and oxygen atoms in total. The second-order valence-corrected chi connectivity index (χ2v) is 5.86. The van der Waals surface area contributed by atoms with Gasteiger partial charge in [0, 0.05) is 12.6 Å². The molecule has 4 N–H and O–H groups in total. The number of hydrogen-bond donors (Lipinski definition) is 3. The SMILES string of the molecule is CCCc1cc(CC(N)=O)ccc1OCC(O)CNC(C)C. The van der Waals surface area contributed by atoms with Gasteiger partial charge in [-0.25, -0.2) is 0 Å². The minimum Gasteiger partial charge on any atom is -0.491 e. The van der Waals surface area contributed by atoms with Gasteiger partial charge in [-0.05, 0) is 23.6 Å². The molecule has 0 heterocycles. The minimum atomic E-state index is -0.554. The third kappa shape index (κ3) is 6.91. The van der Waals surface area contributed by atoms with E-state index in [9.17, 15) is 9.90 Å². The first-order chi connectivity index (χ1) is 10.4. The van der Waals surface area contributed by atoms with Gasteiger partial charge in [0.05, 0.1) is 6.42 Å². The van der Waals surface area contributed by atoms with Crippen molar-refractivity contribution in [2.45, 2.75) is 52.2 Å². The maximum absolute atomic E-state index is 11.0. The maximum Gasteiger partial charge on any atom is 0.221 e. The molecule has 0 saturated heterocycles. The van der Waals surface area contributed by atoms with E-state index >= 15 is 0 Å². The minimum absolute atomic E-state index is 0.234. The van der Waals surface area contributed by atoms with E-state index in [1.807, 2.05) is 32.0 Å². The molecule has 1 amide bonds. The molecule has 1 rings (SSSR count). The topological polar surface area (TPSA) is 84.6 Å². The summed E-state index contributed by atoms with van der Waals surface area (Å²) < 4.78 is 5.74. The van der Waals surface area contributed by atoms with Gasteiger partial charge in [0.2, 0.25) is 5.91 Å². The van der Waals surface area contributed by atoms with Crippen LogP contribution >= 0.6 is 0 Å². The average Bonchev–Trinajstić information content (AvgIpc) is 2.44. The Morgan fingerprint density at radius 2 is 2.14 bits per heavy atom. The highest BCUT2D eigenvalue weighted by atomic mass is 16.5. The number of nitrogens with two attached hydrogens (primary N) is 1. The van der Waals surface area contributed by atoms with Gasteiger partial charge < -0.3 is 20.9 Å². The molecule has 1 unspecified atom stereocenters. The molecular formula is C17H28N2O3. The summed E-state index contributed by atoms with van der Waals surface area (Å²) in [6.07, 6.45) is 1.52. The molecule has 22 heavy (non-hydrogen) atoms. The lowest BCUT2D eigenvalue weighted by Crippen LogP contribution is -2.35. The molecule has 0 aliphatic carbocycles. The van der Waals surface area contributed by atoms with Gasteiger partial charge in [0.25, 0.3) is 0 Å². The van der Waals surface area contributed by atoms with Crippen LogP contribution in [0.5, 0.6) is 5.75 Å². The number of benzene rings is 1. The standard InChI is InChI=1S/C17H28N2O3/c1-4-5-14-8-13(9-17(18)21)6-7-16(14)22-11-15(20)10-19-12(2)3/h6-8,12,15,19-20H,4-5,9-11H2,1-3H3,(H2,18,21). The summed E-state index contributed by atoms with van der Waals surface area (Å²) in [4.78, 5) is 11.0. The fourth-order valence-corrected chi connectivity index (χ4v) is 2.17. The number of hydrogen-bond acceptors (Lipinski definition) is 4. The number of aryl methyl sites for hydroxylation is 1. The summed E-state index contributed by atoms with van der Waals surface area (Å²) in [5.41, 5.74) is 7.17. The van der Waals surface area contributed by atoms with Gasteiger partial charge >= 0.3 is 0 Å². The van der Waals surface area contributed by atoms with Crippen molar-refractivity contribution in [3.8, 4) is 5.75 Å². The van der Waals surface area contributed by atoms with Crippen LogP contribution in [0.15, 0.2) is 18.2 Å². The zero-order valence-corrected chi connectivity index (χ0v) is 13.8. The number of aliphatic hydroxyl groups excluding tert-OH is 1. The molecule has 124 valence electrons. The molecule has 0 radical (unpaired) electrons. The molecule has 0 bridgehead atoms. The van der Waals surface area contributed by atoms with Crippen molar-refractivity contribution in [2.75, 3.05) is 13.2 Å². The normalized spacial score (nSPS) is 12.4. The van der Waals surface area contributed by atoms with Crippen molar-refractivity contribution in [1.82, 2.24) is 5.32 Å². The molecule has 0 aliphatic rings. The lowest BCUT2D eigenvalue weighted by molar-refractivity contribution is -0.117. The second-order valence-electron chi connectivity index (χ2n) is 5.86. The van der Waals surface area contributed by atoms with Crippen molar-refractivity contribution >= 4 is 5.91 Å². The quantitative estimate of drug-likeness (QED) is 0.610. The highest BCUT2D eigenvalue weighted by Gasteiger charge is 2.10. The van der Waals surface area contributed by atoms with Gasteiger partial charge in [0.15, 0.2) is 0 Å². The summed E-state index contributed by atoms with van der Waals surface area (Å²) in [5.74, 6) is 0.421. The van der Waals surface area contributed by atoms with Gasteiger partial charge in [-0.2, -0.15) is 0 Å². The van der Waals surface area contributed by atoms with Crippen molar-refractivity contribution in [2.24, 2.45) is 5.73 Å². The number of aliphatic hydroxyl groups is 1. The number of amides is 1. The van der Waals surface area contributed by atoms with Crippen LogP contribution in [0.1, 0.15) is 38.3 Å². The lowest BCUT2D eigenvalue weighted by Gasteiger charge is -2.17. The molecular weight excluding hydrogens is 280 g/mol. The van der Waals surface area contributed by atoms with E-state index in [2.05, 4.69) is 12.2 Å². The monoisotopic (exact) mass is 308 g/mol. The van der Waals surface area contributed by atoms with Crippen LogP contribution in [0.25, 0.3) is 0 Å². The Morgan fingerprint density at radius 1 is 1.41 bits per heavy atom. The van der Waals surface area contributed by atoms with Crippen LogP contribution in [0, 0.1) is 0 Å². The van der Waals surface area contributed by atoms with E-state index in [0.717, 1.165) is 29.7 Å². The fourth-order valence-electron chi connectivity index (χ4n) is 2.17. The molecule has 0 spiro atoms. The van der Waals surface area contributed by atoms with Gasteiger partial charge in [-0.1, -0.05) is 39.3 Å². The fraction of sp³-hybridized carbons (Fsp3) is 0.588. The molecule has 5 heteroatoms. The molecule has 0 fully saturated rings. The smallest absolute Gasteiger partial charge is 0.221 e. The van der Waals surface area contributed by atoms with Crippen molar-refractivity contribution < 1.29 is 14.6 Å². The van der Waals surface area contributed by atoms with Crippen LogP contribution in [-0.4, -0.2) is 36.3 Å². The van der Waals surface area contributed by atoms with E-state index in [1.165, 1.54) is 0 Å². The maximum atomic E-state index is 11.0. The van der Waals surface area contributed by atoms with E-state index in [1.54, 1.807) is 0 Å². The highest BCUT2D eigenvalue weighted by Crippen LogP contribution is 2.22. The Labute approximate surface area is 132 Å². The third-order valence-electron chi connectivity index (χ3n) is 3.22. The van der Waals surface area contributed by atoms with Gasteiger partial charge in [-0.3, -0.25) is 4.79 Å². The first kappa shape index (κ1) is 18.5. The van der Waals surface area contributed by atoms with Crippen LogP contribution < -0.4 is 15.8 Å². The zero-order chi connectivity index (χ0) is 16.5. The first-order valence-electron chi connectivity index (χ1n) is 7.86. The van der Waals surface area contributed by atoms with Crippen molar-refractivity contribution in [3.63, 3.8) is 0 Å². The molecule has 1 aromatic rings. The summed E-state index contributed by atoms with van der Waals surface area (Å²) in [7, 11) is 0. The third-order valence-corrected chi connectivity index (χ3v) is 3.22. The first-order valence-corrected chi connectivity index (χ1v) is 7.86. The Kier molecular flexibility index (Phi) is 7.91. The predicted molar refractivity (Wildman–Crippen MR) is 88.0 cm³/mol. The molecule has 1 atom stereocenters. The average molecular weight is 308 g/mol. The Morgan fingerprint density at radius 3 is 2.73 bits per heavy atom. The van der Waals surface area contributed by atoms with Crippen LogP contribution in [0.2, 0.25) is 0 Å². The van der Waals surface area contributed by atoms with Crippen LogP contribution in [-0.2, 0) is 17.6 Å². The summed E-state index contributed by atoms with van der Waals surface area (Å²) >= 11 is 0. The van der Waals surface area contributed by atoms with E-state index in [0.29, 0.717) is 12.6 Å². The van der Waals surface area contributed by atoms with E-state index in [-0.39, 0.29) is 18.9 Å². The Balaban J connectivity index is 2.66. The number of ether oxygens (including phenoxy) is 1. The van der Waals surface area contributed by atoms with E-state index < -0.39 is 6.10 Å². The molecule has 0 aromatic heterocycles. The van der Waals surface area contributed by atoms with Crippen LogP contribution in [0.3, 0.4) is 0 Å².